The minimum atomic E-state index is 0.269. The predicted octanol–water partition coefficient (Wildman–Crippen LogP) is 3.31. The zero-order valence-electron chi connectivity index (χ0n) is 11.8. The molecule has 0 radical (unpaired) electrons. The predicted molar refractivity (Wildman–Crippen MR) is 81.1 cm³/mol. The molecule has 0 unspecified atom stereocenters. The fourth-order valence-electron chi connectivity index (χ4n) is 2.19. The number of aromatic nitrogens is 2. The third-order valence-corrected chi connectivity index (χ3v) is 3.13. The van der Waals surface area contributed by atoms with Crippen LogP contribution in [-0.2, 0) is 6.54 Å². The van der Waals surface area contributed by atoms with Crippen molar-refractivity contribution in [3.05, 3.63) is 48.3 Å². The van der Waals surface area contributed by atoms with Gasteiger partial charge in [-0.25, -0.2) is 4.98 Å². The van der Waals surface area contributed by atoms with Crippen LogP contribution >= 0.6 is 0 Å². The molecule has 0 fully saturated rings. The molecule has 0 atom stereocenters. The molecule has 0 saturated heterocycles. The van der Waals surface area contributed by atoms with Crippen LogP contribution in [0.2, 0.25) is 0 Å². The number of hydrogen-bond donors (Lipinski definition) is 1. The SMILES string of the molecule is C=CCn1c(C(C)C)nc(-c2cccc(C#N)c2)c1N. The Hall–Kier alpha value is -2.54. The van der Waals surface area contributed by atoms with Gasteiger partial charge in [-0.15, -0.1) is 6.58 Å². The number of allylic oxidation sites excluding steroid dienone is 1. The number of benzene rings is 1. The van der Waals surface area contributed by atoms with E-state index in [9.17, 15) is 0 Å². The van der Waals surface area contributed by atoms with Gasteiger partial charge in [-0.1, -0.05) is 32.1 Å². The van der Waals surface area contributed by atoms with E-state index in [-0.39, 0.29) is 5.92 Å². The third kappa shape index (κ3) is 2.43. The molecule has 0 aliphatic rings. The van der Waals surface area contributed by atoms with Crippen LogP contribution in [0.5, 0.6) is 0 Å². The van der Waals surface area contributed by atoms with Crippen molar-refractivity contribution in [1.29, 1.82) is 5.26 Å². The molecular weight excluding hydrogens is 248 g/mol. The first-order valence-corrected chi connectivity index (χ1v) is 6.55. The molecule has 0 bridgehead atoms. The van der Waals surface area contributed by atoms with Gasteiger partial charge in [0, 0.05) is 18.0 Å². The summed E-state index contributed by atoms with van der Waals surface area (Å²) in [4.78, 5) is 4.65. The quantitative estimate of drug-likeness (QED) is 0.863. The Labute approximate surface area is 119 Å². The summed E-state index contributed by atoms with van der Waals surface area (Å²) in [7, 11) is 0. The summed E-state index contributed by atoms with van der Waals surface area (Å²) in [6, 6.07) is 9.47. The van der Waals surface area contributed by atoms with Crippen molar-refractivity contribution in [2.75, 3.05) is 5.73 Å². The lowest BCUT2D eigenvalue weighted by Crippen LogP contribution is -2.07. The van der Waals surface area contributed by atoms with Crippen LogP contribution in [0.3, 0.4) is 0 Å². The van der Waals surface area contributed by atoms with E-state index in [1.165, 1.54) is 0 Å². The van der Waals surface area contributed by atoms with E-state index >= 15 is 0 Å². The van der Waals surface area contributed by atoms with E-state index in [0.29, 0.717) is 17.9 Å². The number of nitrogens with zero attached hydrogens (tertiary/aromatic N) is 3. The fraction of sp³-hybridized carbons (Fsp3) is 0.250. The van der Waals surface area contributed by atoms with E-state index < -0.39 is 0 Å². The van der Waals surface area contributed by atoms with Crippen LogP contribution in [0.25, 0.3) is 11.3 Å². The molecule has 0 aliphatic carbocycles. The second-order valence-electron chi connectivity index (χ2n) is 4.95. The van der Waals surface area contributed by atoms with Gasteiger partial charge in [-0.2, -0.15) is 5.26 Å². The number of nitrogen functional groups attached to an aromatic ring is 1. The highest BCUT2D eigenvalue weighted by molar-refractivity contribution is 5.72. The van der Waals surface area contributed by atoms with Gasteiger partial charge in [0.1, 0.15) is 17.3 Å². The molecule has 1 heterocycles. The van der Waals surface area contributed by atoms with Gasteiger partial charge in [0.2, 0.25) is 0 Å². The Kier molecular flexibility index (Phi) is 3.90. The molecule has 20 heavy (non-hydrogen) atoms. The van der Waals surface area contributed by atoms with Gasteiger partial charge in [-0.05, 0) is 12.1 Å². The van der Waals surface area contributed by atoms with Crippen molar-refractivity contribution in [3.63, 3.8) is 0 Å². The standard InChI is InChI=1S/C16H18N4/c1-4-8-20-15(18)14(19-16(20)11(2)3)13-7-5-6-12(9-13)10-17/h4-7,9,11H,1,8,18H2,2-3H3. The van der Waals surface area contributed by atoms with Gasteiger partial charge in [-0.3, -0.25) is 0 Å². The maximum absolute atomic E-state index is 8.99. The van der Waals surface area contributed by atoms with Gasteiger partial charge < -0.3 is 10.3 Å². The first-order chi connectivity index (χ1) is 9.58. The molecule has 2 aromatic rings. The zero-order valence-corrected chi connectivity index (χ0v) is 11.8. The number of nitriles is 1. The zero-order chi connectivity index (χ0) is 14.7. The van der Waals surface area contributed by atoms with Crippen LogP contribution in [0.15, 0.2) is 36.9 Å². The largest absolute Gasteiger partial charge is 0.383 e. The molecule has 2 rings (SSSR count). The van der Waals surface area contributed by atoms with Crippen LogP contribution in [0.1, 0.15) is 31.2 Å². The minimum Gasteiger partial charge on any atom is -0.383 e. The van der Waals surface area contributed by atoms with Gasteiger partial charge in [0.25, 0.3) is 0 Å². The molecular formula is C16H18N4. The second kappa shape index (κ2) is 5.62. The van der Waals surface area contributed by atoms with Crippen molar-refractivity contribution < 1.29 is 0 Å². The number of imidazole rings is 1. The lowest BCUT2D eigenvalue weighted by molar-refractivity contribution is 0.684. The monoisotopic (exact) mass is 266 g/mol. The number of hydrogen-bond acceptors (Lipinski definition) is 3. The summed E-state index contributed by atoms with van der Waals surface area (Å²) in [5.74, 6) is 1.81. The molecule has 0 aliphatic heterocycles. The molecule has 102 valence electrons. The topological polar surface area (TPSA) is 67.6 Å². The second-order valence-corrected chi connectivity index (χ2v) is 4.95. The normalized spacial score (nSPS) is 10.5. The van der Waals surface area contributed by atoms with Crippen molar-refractivity contribution in [2.45, 2.75) is 26.3 Å². The molecule has 1 aromatic carbocycles. The van der Waals surface area contributed by atoms with E-state index in [1.54, 1.807) is 18.2 Å². The average molecular weight is 266 g/mol. The third-order valence-electron chi connectivity index (χ3n) is 3.13. The summed E-state index contributed by atoms with van der Waals surface area (Å²) in [6.07, 6.45) is 1.80. The van der Waals surface area contributed by atoms with E-state index in [4.69, 9.17) is 11.0 Å². The molecule has 0 spiro atoms. The van der Waals surface area contributed by atoms with Crippen LogP contribution < -0.4 is 5.73 Å². The lowest BCUT2D eigenvalue weighted by Gasteiger charge is -2.09. The summed E-state index contributed by atoms with van der Waals surface area (Å²) >= 11 is 0. The van der Waals surface area contributed by atoms with Gasteiger partial charge in [0.15, 0.2) is 0 Å². The Morgan fingerprint density at radius 2 is 2.25 bits per heavy atom. The molecule has 1 aromatic heterocycles. The maximum atomic E-state index is 8.99. The lowest BCUT2D eigenvalue weighted by atomic mass is 10.1. The number of rotatable bonds is 4. The van der Waals surface area contributed by atoms with Crippen molar-refractivity contribution in [2.24, 2.45) is 0 Å². The van der Waals surface area contributed by atoms with Gasteiger partial charge in [0.05, 0.1) is 11.6 Å². The first kappa shape index (κ1) is 13.9. The highest BCUT2D eigenvalue weighted by atomic mass is 15.1. The van der Waals surface area contributed by atoms with Gasteiger partial charge >= 0.3 is 0 Å². The van der Waals surface area contributed by atoms with E-state index in [2.05, 4.69) is 31.5 Å². The van der Waals surface area contributed by atoms with Crippen molar-refractivity contribution in [1.82, 2.24) is 9.55 Å². The summed E-state index contributed by atoms with van der Waals surface area (Å²) < 4.78 is 1.96. The smallest absolute Gasteiger partial charge is 0.132 e. The molecule has 0 saturated carbocycles. The Balaban J connectivity index is 2.60. The van der Waals surface area contributed by atoms with Crippen LogP contribution in [-0.4, -0.2) is 9.55 Å². The summed E-state index contributed by atoms with van der Waals surface area (Å²) in [6.45, 7) is 8.55. The highest BCUT2D eigenvalue weighted by Crippen LogP contribution is 2.29. The maximum Gasteiger partial charge on any atom is 0.132 e. The Bertz CT molecular complexity index is 674. The van der Waals surface area contributed by atoms with Crippen molar-refractivity contribution >= 4 is 5.82 Å². The molecule has 4 heteroatoms. The minimum absolute atomic E-state index is 0.269. The highest BCUT2D eigenvalue weighted by Gasteiger charge is 2.17. The summed E-state index contributed by atoms with van der Waals surface area (Å²) in [5, 5.41) is 8.99. The number of anilines is 1. The Morgan fingerprint density at radius 3 is 2.85 bits per heavy atom. The van der Waals surface area contributed by atoms with E-state index in [0.717, 1.165) is 17.1 Å². The molecule has 4 nitrogen and oxygen atoms in total. The van der Waals surface area contributed by atoms with Crippen molar-refractivity contribution in [3.8, 4) is 17.3 Å². The average Bonchev–Trinajstić information content (AvgIpc) is 2.77. The summed E-state index contributed by atoms with van der Waals surface area (Å²) in [5.41, 5.74) is 8.42. The molecule has 0 amide bonds. The van der Waals surface area contributed by atoms with E-state index in [1.807, 2.05) is 16.7 Å². The Morgan fingerprint density at radius 1 is 1.50 bits per heavy atom. The van der Waals surface area contributed by atoms with Crippen LogP contribution in [0.4, 0.5) is 5.82 Å². The number of nitrogens with two attached hydrogens (primary N) is 1. The fourth-order valence-corrected chi connectivity index (χ4v) is 2.19. The molecule has 2 N–H and O–H groups in total. The first-order valence-electron chi connectivity index (χ1n) is 6.55. The van der Waals surface area contributed by atoms with Crippen LogP contribution in [0, 0.1) is 11.3 Å².